The van der Waals surface area contributed by atoms with Crippen molar-refractivity contribution in [1.82, 2.24) is 9.88 Å². The Bertz CT molecular complexity index is 805. The zero-order chi connectivity index (χ0) is 17.2. The van der Waals surface area contributed by atoms with E-state index >= 15 is 0 Å². The molecule has 0 aliphatic carbocycles. The Hall–Kier alpha value is -2.89. The monoisotopic (exact) mass is 326 g/mol. The molecule has 0 spiro atoms. The number of aromatic nitrogens is 1. The fraction of sp³-hybridized carbons (Fsp3) is 0.278. The van der Waals surface area contributed by atoms with E-state index in [0.29, 0.717) is 31.5 Å². The second-order valence-electron chi connectivity index (χ2n) is 5.99. The van der Waals surface area contributed by atoms with Crippen molar-refractivity contribution >= 4 is 11.9 Å². The Morgan fingerprint density at radius 3 is 2.33 bits per heavy atom. The highest BCUT2D eigenvalue weighted by Gasteiger charge is 2.43. The van der Waals surface area contributed by atoms with Crippen LogP contribution in [0.5, 0.6) is 0 Å². The number of carbonyl (C=O) groups is 2. The first-order chi connectivity index (χ1) is 11.5. The van der Waals surface area contributed by atoms with Crippen LogP contribution in [0.4, 0.5) is 0 Å². The fourth-order valence-electron chi connectivity index (χ4n) is 3.23. The number of benzene rings is 1. The highest BCUT2D eigenvalue weighted by molar-refractivity contribution is 5.94. The van der Waals surface area contributed by atoms with Crippen LogP contribution in [0, 0.1) is 0 Å². The van der Waals surface area contributed by atoms with Crippen molar-refractivity contribution in [1.29, 1.82) is 0 Å². The van der Waals surface area contributed by atoms with Crippen molar-refractivity contribution in [2.75, 3.05) is 13.1 Å². The molecule has 1 aromatic heterocycles. The molecule has 0 saturated carbocycles. The number of aliphatic carboxylic acids is 1. The minimum atomic E-state index is -0.966. The van der Waals surface area contributed by atoms with Crippen molar-refractivity contribution < 1.29 is 14.7 Å². The van der Waals surface area contributed by atoms with Crippen LogP contribution in [0.25, 0.3) is 0 Å². The Labute approximate surface area is 138 Å². The summed E-state index contributed by atoms with van der Waals surface area (Å²) in [6.07, 6.45) is 2.13. The number of amides is 1. The smallest absolute Gasteiger partial charge is 0.314 e. The van der Waals surface area contributed by atoms with Gasteiger partial charge in [0.2, 0.25) is 5.56 Å². The third-order valence-corrected chi connectivity index (χ3v) is 4.66. The Morgan fingerprint density at radius 2 is 1.75 bits per heavy atom. The average molecular weight is 326 g/mol. The average Bonchev–Trinajstić information content (AvgIpc) is 2.62. The van der Waals surface area contributed by atoms with Gasteiger partial charge in [-0.2, -0.15) is 0 Å². The lowest BCUT2D eigenvalue weighted by Crippen LogP contribution is -2.49. The lowest BCUT2D eigenvalue weighted by atomic mass is 9.73. The van der Waals surface area contributed by atoms with Crippen LogP contribution in [0.15, 0.2) is 53.5 Å². The maximum absolute atomic E-state index is 12.5. The third kappa shape index (κ3) is 2.82. The van der Waals surface area contributed by atoms with Crippen molar-refractivity contribution in [3.05, 3.63) is 70.1 Å². The molecule has 0 atom stereocenters. The maximum Gasteiger partial charge on any atom is 0.314 e. The molecule has 0 radical (unpaired) electrons. The number of pyridine rings is 1. The van der Waals surface area contributed by atoms with Crippen molar-refractivity contribution in [2.45, 2.75) is 18.3 Å². The van der Waals surface area contributed by atoms with Gasteiger partial charge in [0.1, 0.15) is 0 Å². The molecule has 0 unspecified atom stereocenters. The molecule has 6 heteroatoms. The maximum atomic E-state index is 12.5. The molecule has 6 nitrogen and oxygen atoms in total. The van der Waals surface area contributed by atoms with Crippen LogP contribution in [0.3, 0.4) is 0 Å². The number of nitrogens with one attached hydrogen (secondary N) is 1. The topological polar surface area (TPSA) is 90.5 Å². The molecule has 1 saturated heterocycles. The largest absolute Gasteiger partial charge is 0.481 e. The summed E-state index contributed by atoms with van der Waals surface area (Å²) in [6, 6.07) is 12.0. The van der Waals surface area contributed by atoms with E-state index in [2.05, 4.69) is 4.98 Å². The van der Waals surface area contributed by atoms with Crippen molar-refractivity contribution in [3.8, 4) is 0 Å². The first kappa shape index (κ1) is 16.0. The number of piperidine rings is 1. The fourth-order valence-corrected chi connectivity index (χ4v) is 3.23. The van der Waals surface area contributed by atoms with Crippen molar-refractivity contribution in [3.63, 3.8) is 0 Å². The molecule has 3 rings (SSSR count). The lowest BCUT2D eigenvalue weighted by molar-refractivity contribution is -0.145. The van der Waals surface area contributed by atoms with Gasteiger partial charge in [0.15, 0.2) is 0 Å². The standard InChI is InChI=1S/C18H18N2O4/c21-15-12-13(6-9-19-15)16(22)20-10-7-18(8-11-20,17(23)24)14-4-2-1-3-5-14/h1-6,9,12H,7-8,10-11H2,(H,19,21)(H,23,24). The third-order valence-electron chi connectivity index (χ3n) is 4.66. The molecule has 124 valence electrons. The summed E-state index contributed by atoms with van der Waals surface area (Å²) >= 11 is 0. The Morgan fingerprint density at radius 1 is 1.08 bits per heavy atom. The molecule has 2 N–H and O–H groups in total. The van der Waals surface area contributed by atoms with Gasteiger partial charge >= 0.3 is 5.97 Å². The van der Waals surface area contributed by atoms with Gasteiger partial charge in [0.25, 0.3) is 5.91 Å². The van der Waals surface area contributed by atoms with Crippen LogP contribution in [0.1, 0.15) is 28.8 Å². The summed E-state index contributed by atoms with van der Waals surface area (Å²) in [5.41, 5.74) is -0.212. The minimum absolute atomic E-state index is 0.242. The summed E-state index contributed by atoms with van der Waals surface area (Å²) in [4.78, 5) is 39.8. The molecule has 1 aromatic carbocycles. The summed E-state index contributed by atoms with van der Waals surface area (Å²) in [5, 5.41) is 9.77. The van der Waals surface area contributed by atoms with Gasteiger partial charge in [-0.05, 0) is 24.5 Å². The SMILES string of the molecule is O=C(c1cc[nH]c(=O)c1)N1CCC(C(=O)O)(c2ccccc2)CC1. The number of carbonyl (C=O) groups excluding carboxylic acids is 1. The van der Waals surface area contributed by atoms with E-state index in [0.717, 1.165) is 5.56 Å². The van der Waals surface area contributed by atoms with Gasteiger partial charge in [0.05, 0.1) is 5.41 Å². The van der Waals surface area contributed by atoms with Crippen LogP contribution in [-0.4, -0.2) is 40.0 Å². The zero-order valence-corrected chi connectivity index (χ0v) is 13.1. The second-order valence-corrected chi connectivity index (χ2v) is 5.99. The van der Waals surface area contributed by atoms with Crippen LogP contribution in [0.2, 0.25) is 0 Å². The zero-order valence-electron chi connectivity index (χ0n) is 13.1. The Balaban J connectivity index is 1.80. The summed E-state index contributed by atoms with van der Waals surface area (Å²) < 4.78 is 0. The number of rotatable bonds is 3. The first-order valence-corrected chi connectivity index (χ1v) is 7.80. The predicted octanol–water partition coefficient (Wildman–Crippen LogP) is 1.63. The number of aromatic amines is 1. The van der Waals surface area contributed by atoms with Gasteiger partial charge in [-0.25, -0.2) is 0 Å². The van der Waals surface area contributed by atoms with E-state index in [9.17, 15) is 19.5 Å². The second kappa shape index (κ2) is 6.31. The van der Waals surface area contributed by atoms with E-state index in [1.54, 1.807) is 11.0 Å². The Kier molecular flexibility index (Phi) is 4.20. The predicted molar refractivity (Wildman–Crippen MR) is 88.0 cm³/mol. The molecule has 1 aliphatic heterocycles. The number of carboxylic acid groups (broad SMARTS) is 1. The number of likely N-dealkylation sites (tertiary alicyclic amines) is 1. The number of hydrogen-bond donors (Lipinski definition) is 2. The number of nitrogens with zero attached hydrogens (tertiary/aromatic N) is 1. The van der Waals surface area contributed by atoms with Gasteiger partial charge < -0.3 is 15.0 Å². The van der Waals surface area contributed by atoms with Crippen LogP contribution in [-0.2, 0) is 10.2 Å². The molecule has 1 amide bonds. The quantitative estimate of drug-likeness (QED) is 0.897. The summed E-state index contributed by atoms with van der Waals surface area (Å²) in [5.74, 6) is -1.11. The van der Waals surface area contributed by atoms with Crippen LogP contribution < -0.4 is 5.56 Å². The highest BCUT2D eigenvalue weighted by Crippen LogP contribution is 2.36. The van der Waals surface area contributed by atoms with Gasteiger partial charge in [-0.1, -0.05) is 30.3 Å². The van der Waals surface area contributed by atoms with Gasteiger partial charge in [0, 0.05) is 30.9 Å². The van der Waals surface area contributed by atoms with E-state index in [4.69, 9.17) is 0 Å². The molecule has 1 fully saturated rings. The molecule has 0 bridgehead atoms. The molecular weight excluding hydrogens is 308 g/mol. The minimum Gasteiger partial charge on any atom is -0.481 e. The molecule has 24 heavy (non-hydrogen) atoms. The van der Waals surface area contributed by atoms with Gasteiger partial charge in [-0.15, -0.1) is 0 Å². The van der Waals surface area contributed by atoms with Gasteiger partial charge in [-0.3, -0.25) is 14.4 Å². The lowest BCUT2D eigenvalue weighted by Gasteiger charge is -2.39. The first-order valence-electron chi connectivity index (χ1n) is 7.80. The highest BCUT2D eigenvalue weighted by atomic mass is 16.4. The molecule has 2 heterocycles. The summed E-state index contributed by atoms with van der Waals surface area (Å²) in [6.45, 7) is 0.680. The van der Waals surface area contributed by atoms with Crippen LogP contribution >= 0.6 is 0 Å². The van der Waals surface area contributed by atoms with E-state index in [-0.39, 0.29) is 11.5 Å². The number of hydrogen-bond acceptors (Lipinski definition) is 3. The number of H-pyrrole nitrogens is 1. The number of carboxylic acids is 1. The van der Waals surface area contributed by atoms with E-state index < -0.39 is 11.4 Å². The summed E-state index contributed by atoms with van der Waals surface area (Å²) in [7, 11) is 0. The normalized spacial score (nSPS) is 16.6. The molecular formula is C18H18N2O4. The molecule has 1 aliphatic rings. The molecule has 2 aromatic rings. The van der Waals surface area contributed by atoms with E-state index in [1.165, 1.54) is 12.3 Å². The van der Waals surface area contributed by atoms with Crippen molar-refractivity contribution in [2.24, 2.45) is 0 Å². The van der Waals surface area contributed by atoms with E-state index in [1.807, 2.05) is 30.3 Å².